The van der Waals surface area contributed by atoms with Crippen LogP contribution in [0, 0.1) is 11.3 Å². The van der Waals surface area contributed by atoms with Gasteiger partial charge in [0.25, 0.3) is 10.1 Å². The number of hydrogen-bond donors (Lipinski definition) is 1. The monoisotopic (exact) mass is 290 g/mol. The highest BCUT2D eigenvalue weighted by atomic mass is 32.2. The smallest absolute Gasteiger partial charge is 0.284 e. The zero-order valence-electron chi connectivity index (χ0n) is 11.2. The van der Waals surface area contributed by atoms with Crippen molar-refractivity contribution in [1.29, 1.82) is 0 Å². The van der Waals surface area contributed by atoms with Crippen molar-refractivity contribution in [3.8, 4) is 0 Å². The van der Waals surface area contributed by atoms with Gasteiger partial charge in [0.1, 0.15) is 0 Å². The lowest BCUT2D eigenvalue weighted by Crippen LogP contribution is -2.30. The molecule has 0 aromatic heterocycles. The molecule has 7 nitrogen and oxygen atoms in total. The van der Waals surface area contributed by atoms with E-state index in [1.807, 2.05) is 13.8 Å². The molecule has 8 heteroatoms. The lowest BCUT2D eigenvalue weighted by Gasteiger charge is -2.28. The maximum atomic E-state index is 11.1. The molecule has 19 heavy (non-hydrogen) atoms. The summed E-state index contributed by atoms with van der Waals surface area (Å²) in [6.45, 7) is 5.60. The predicted molar refractivity (Wildman–Crippen MR) is 68.6 cm³/mol. The Morgan fingerprint density at radius 1 is 1.26 bits per heavy atom. The summed E-state index contributed by atoms with van der Waals surface area (Å²) >= 11 is 0. The highest BCUT2D eigenvalue weighted by Crippen LogP contribution is 2.32. The molecule has 0 bridgehead atoms. The normalized spacial score (nSPS) is 14.9. The Morgan fingerprint density at radius 3 is 2.26 bits per heavy atom. The molecule has 0 spiro atoms. The third kappa shape index (κ3) is 6.98. The topological polar surface area (TPSA) is 113 Å². The van der Waals surface area contributed by atoms with Gasteiger partial charge >= 0.3 is 0 Å². The van der Waals surface area contributed by atoms with Crippen LogP contribution in [0.15, 0.2) is 9.98 Å². The highest BCUT2D eigenvalue weighted by Gasteiger charge is 2.33. The van der Waals surface area contributed by atoms with Gasteiger partial charge in [-0.05, 0) is 24.2 Å². The Bertz CT molecular complexity index is 487. The molecule has 2 atom stereocenters. The number of carbonyl (C=O) groups excluding carboxylic acids is 2. The third-order valence-electron chi connectivity index (χ3n) is 2.81. The second-order valence-electron chi connectivity index (χ2n) is 5.19. The van der Waals surface area contributed by atoms with Crippen molar-refractivity contribution >= 4 is 22.3 Å². The Hall–Kier alpha value is -1.33. The molecule has 0 rings (SSSR count). The van der Waals surface area contributed by atoms with E-state index >= 15 is 0 Å². The summed E-state index contributed by atoms with van der Waals surface area (Å²) in [5.41, 5.74) is -0.318. The van der Waals surface area contributed by atoms with E-state index in [9.17, 15) is 18.0 Å². The highest BCUT2D eigenvalue weighted by molar-refractivity contribution is 7.86. The van der Waals surface area contributed by atoms with Gasteiger partial charge < -0.3 is 0 Å². The minimum absolute atomic E-state index is 0.288. The van der Waals surface area contributed by atoms with Gasteiger partial charge in [-0.1, -0.05) is 20.8 Å². The molecular weight excluding hydrogens is 272 g/mol. The first kappa shape index (κ1) is 17.7. The second kappa shape index (κ2) is 7.31. The average Bonchev–Trinajstić information content (AvgIpc) is 2.23. The van der Waals surface area contributed by atoms with Crippen molar-refractivity contribution in [1.82, 2.24) is 0 Å². The molecule has 0 aliphatic carbocycles. The number of isocyanates is 2. The van der Waals surface area contributed by atoms with E-state index in [4.69, 9.17) is 4.55 Å². The molecule has 0 aliphatic heterocycles. The maximum absolute atomic E-state index is 11.1. The first-order chi connectivity index (χ1) is 8.64. The van der Waals surface area contributed by atoms with Crippen LogP contribution in [-0.2, 0) is 19.7 Å². The molecular formula is C11H18N2O5S. The van der Waals surface area contributed by atoms with E-state index in [0.29, 0.717) is 12.8 Å². The van der Waals surface area contributed by atoms with Gasteiger partial charge in [0.15, 0.2) is 5.37 Å². The van der Waals surface area contributed by atoms with Gasteiger partial charge in [-0.25, -0.2) is 14.6 Å². The van der Waals surface area contributed by atoms with E-state index < -0.39 is 21.4 Å². The molecule has 1 N–H and O–H groups in total. The summed E-state index contributed by atoms with van der Waals surface area (Å²) in [6.07, 6.45) is 3.53. The van der Waals surface area contributed by atoms with Crippen molar-refractivity contribution in [3.05, 3.63) is 0 Å². The lowest BCUT2D eigenvalue weighted by molar-refractivity contribution is 0.253. The second-order valence-corrected chi connectivity index (χ2v) is 6.71. The van der Waals surface area contributed by atoms with Crippen LogP contribution in [0.3, 0.4) is 0 Å². The third-order valence-corrected chi connectivity index (χ3v) is 3.99. The fourth-order valence-electron chi connectivity index (χ4n) is 2.02. The van der Waals surface area contributed by atoms with Gasteiger partial charge in [0, 0.05) is 0 Å². The first-order valence-electron chi connectivity index (χ1n) is 5.71. The Morgan fingerprint density at radius 2 is 1.84 bits per heavy atom. The fourth-order valence-corrected chi connectivity index (χ4v) is 2.88. The van der Waals surface area contributed by atoms with E-state index in [2.05, 4.69) is 9.98 Å². The standard InChI is InChI=1S/C11H18N2O5S/c1-9(10(13-8-15)19(16,17)18)6-11(2,3)4-5-12-7-14/h9-10H,4-6H2,1-3H3,(H,16,17,18). The fraction of sp³-hybridized carbons (Fsp3) is 0.818. The minimum Gasteiger partial charge on any atom is -0.284 e. The molecule has 0 aliphatic rings. The summed E-state index contributed by atoms with van der Waals surface area (Å²) < 4.78 is 31.3. The van der Waals surface area contributed by atoms with Crippen LogP contribution in [0.1, 0.15) is 33.6 Å². The molecule has 0 aromatic rings. The number of rotatable bonds is 8. The van der Waals surface area contributed by atoms with Gasteiger partial charge in [0.05, 0.1) is 6.54 Å². The Labute approximate surface area is 112 Å². The summed E-state index contributed by atoms with van der Waals surface area (Å²) in [5.74, 6) is -0.563. The SMILES string of the molecule is CC(CC(C)(C)CCN=C=O)C(N=C=O)S(=O)(=O)O. The van der Waals surface area contributed by atoms with Crippen molar-refractivity contribution in [2.45, 2.75) is 39.0 Å². The van der Waals surface area contributed by atoms with Crippen LogP contribution in [0.25, 0.3) is 0 Å². The van der Waals surface area contributed by atoms with Crippen LogP contribution in [0.4, 0.5) is 0 Å². The van der Waals surface area contributed by atoms with Crippen LogP contribution in [-0.4, -0.2) is 37.0 Å². The van der Waals surface area contributed by atoms with E-state index in [1.165, 1.54) is 6.08 Å². The quantitative estimate of drug-likeness (QED) is 0.411. The molecule has 0 fully saturated rings. The molecule has 0 amide bonds. The molecule has 2 unspecified atom stereocenters. The molecule has 108 valence electrons. The zero-order valence-corrected chi connectivity index (χ0v) is 12.0. The molecule has 0 saturated heterocycles. The van der Waals surface area contributed by atoms with E-state index in [1.54, 1.807) is 6.92 Å². The van der Waals surface area contributed by atoms with Gasteiger partial charge in [0.2, 0.25) is 12.2 Å². The summed E-state index contributed by atoms with van der Waals surface area (Å²) in [6, 6.07) is 0. The van der Waals surface area contributed by atoms with Crippen LogP contribution >= 0.6 is 0 Å². The number of aliphatic imine (C=N–C) groups is 2. The molecule has 0 heterocycles. The summed E-state index contributed by atoms with van der Waals surface area (Å²) in [5, 5.41) is -1.51. The first-order valence-corrected chi connectivity index (χ1v) is 7.21. The number of nitrogens with zero attached hydrogens (tertiary/aromatic N) is 2. The van der Waals surface area contributed by atoms with E-state index in [-0.39, 0.29) is 12.0 Å². The van der Waals surface area contributed by atoms with Gasteiger partial charge in [-0.3, -0.25) is 4.55 Å². The van der Waals surface area contributed by atoms with Crippen LogP contribution < -0.4 is 0 Å². The summed E-state index contributed by atoms with van der Waals surface area (Å²) in [4.78, 5) is 26.8. The largest absolute Gasteiger partial charge is 0.289 e. The van der Waals surface area contributed by atoms with Crippen molar-refractivity contribution in [2.75, 3.05) is 6.54 Å². The molecule has 0 aromatic carbocycles. The maximum Gasteiger partial charge on any atom is 0.289 e. The van der Waals surface area contributed by atoms with E-state index in [0.717, 1.165) is 6.08 Å². The average molecular weight is 290 g/mol. The van der Waals surface area contributed by atoms with Crippen molar-refractivity contribution < 1.29 is 22.6 Å². The Balaban J connectivity index is 4.85. The number of hydrogen-bond acceptors (Lipinski definition) is 6. The summed E-state index contributed by atoms with van der Waals surface area (Å²) in [7, 11) is -4.44. The van der Waals surface area contributed by atoms with Crippen LogP contribution in [0.2, 0.25) is 0 Å². The lowest BCUT2D eigenvalue weighted by atomic mass is 9.80. The van der Waals surface area contributed by atoms with Crippen molar-refractivity contribution in [2.24, 2.45) is 21.3 Å². The predicted octanol–water partition coefficient (Wildman–Crippen LogP) is 1.31. The van der Waals surface area contributed by atoms with Crippen LogP contribution in [0.5, 0.6) is 0 Å². The molecule has 0 saturated carbocycles. The Kier molecular flexibility index (Phi) is 6.79. The van der Waals surface area contributed by atoms with Gasteiger partial charge in [-0.2, -0.15) is 13.4 Å². The molecule has 0 radical (unpaired) electrons. The van der Waals surface area contributed by atoms with Crippen molar-refractivity contribution in [3.63, 3.8) is 0 Å². The zero-order chi connectivity index (χ0) is 15.1. The van der Waals surface area contributed by atoms with Gasteiger partial charge in [-0.15, -0.1) is 0 Å². The minimum atomic E-state index is -4.44.